The van der Waals surface area contributed by atoms with Crippen LogP contribution in [0.5, 0.6) is 0 Å². The van der Waals surface area contributed by atoms with E-state index in [1.807, 2.05) is 0 Å². The third-order valence-electron chi connectivity index (χ3n) is 1.72. The Morgan fingerprint density at radius 1 is 1.56 bits per heavy atom. The quantitative estimate of drug-likeness (QED) is 0.529. The van der Waals surface area contributed by atoms with Gasteiger partial charge in [-0.15, -0.1) is 0 Å². The molecule has 0 unspecified atom stereocenters. The molecule has 1 heterocycles. The summed E-state index contributed by atoms with van der Waals surface area (Å²) in [5.74, 6) is 0. The van der Waals surface area contributed by atoms with E-state index < -0.39 is 0 Å². The van der Waals surface area contributed by atoms with Crippen molar-refractivity contribution in [3.05, 3.63) is 0 Å². The van der Waals surface area contributed by atoms with Crippen LogP contribution in [0.3, 0.4) is 0 Å². The molecule has 54 valence electrons. The zero-order valence-corrected chi connectivity index (χ0v) is 6.40. The molecule has 1 N–H and O–H groups in total. The fourth-order valence-electron chi connectivity index (χ4n) is 1.23. The van der Waals surface area contributed by atoms with Crippen LogP contribution in [0.15, 0.2) is 0 Å². The lowest BCUT2D eigenvalue weighted by Crippen LogP contribution is -2.48. The summed E-state index contributed by atoms with van der Waals surface area (Å²) in [6.07, 6.45) is 1.52. The number of ether oxygens (including phenoxy) is 1. The minimum absolute atomic E-state index is 0.275. The summed E-state index contributed by atoms with van der Waals surface area (Å²) in [6, 6.07) is 0. The second-order valence-electron chi connectivity index (χ2n) is 3.39. The number of rotatable bonds is 0. The van der Waals surface area contributed by atoms with E-state index in [4.69, 9.17) is 4.74 Å². The summed E-state index contributed by atoms with van der Waals surface area (Å²) in [4.78, 5) is 0. The summed E-state index contributed by atoms with van der Waals surface area (Å²) in [5, 5.41) is 3.27. The largest absolute Gasteiger partial charge is 0.363 e. The predicted molar refractivity (Wildman–Crippen MR) is 37.2 cm³/mol. The molecule has 2 nitrogen and oxygen atoms in total. The molecule has 0 aromatic heterocycles. The molecule has 0 aromatic rings. The normalized spacial score (nSPS) is 34.3. The Morgan fingerprint density at radius 2 is 2.22 bits per heavy atom. The minimum Gasteiger partial charge on any atom is -0.363 e. The van der Waals surface area contributed by atoms with Crippen LogP contribution in [0.4, 0.5) is 0 Å². The van der Waals surface area contributed by atoms with Gasteiger partial charge in [0, 0.05) is 5.54 Å². The van der Waals surface area contributed by atoms with E-state index in [1.165, 1.54) is 0 Å². The van der Waals surface area contributed by atoms with Crippen molar-refractivity contribution in [2.75, 3.05) is 6.73 Å². The molecule has 1 saturated heterocycles. The van der Waals surface area contributed by atoms with Crippen LogP contribution in [-0.2, 0) is 4.74 Å². The van der Waals surface area contributed by atoms with E-state index >= 15 is 0 Å². The standard InChI is InChI=1S/C7H15NO/c1-6-4-7(2,3)8-5-9-6/h6,8H,4-5H2,1-3H3/t6-/m0/s1. The van der Waals surface area contributed by atoms with E-state index in [2.05, 4.69) is 26.1 Å². The van der Waals surface area contributed by atoms with Crippen molar-refractivity contribution in [3.63, 3.8) is 0 Å². The van der Waals surface area contributed by atoms with Crippen LogP contribution in [0.2, 0.25) is 0 Å². The molecule has 1 rings (SSSR count). The van der Waals surface area contributed by atoms with E-state index in [9.17, 15) is 0 Å². The molecule has 2 heteroatoms. The summed E-state index contributed by atoms with van der Waals surface area (Å²) in [5.41, 5.74) is 0.275. The Bertz CT molecular complexity index is 101. The van der Waals surface area contributed by atoms with Crippen LogP contribution < -0.4 is 5.32 Å². The molecule has 1 fully saturated rings. The van der Waals surface area contributed by atoms with Gasteiger partial charge in [0.15, 0.2) is 0 Å². The van der Waals surface area contributed by atoms with Crippen LogP contribution in [0.25, 0.3) is 0 Å². The average molecular weight is 129 g/mol. The van der Waals surface area contributed by atoms with Gasteiger partial charge >= 0.3 is 0 Å². The molecular weight excluding hydrogens is 114 g/mol. The van der Waals surface area contributed by atoms with E-state index in [0.29, 0.717) is 12.8 Å². The molecule has 0 radical (unpaired) electrons. The second kappa shape index (κ2) is 2.27. The maximum absolute atomic E-state index is 5.30. The van der Waals surface area contributed by atoms with Crippen molar-refractivity contribution in [2.24, 2.45) is 0 Å². The first-order valence-electron chi connectivity index (χ1n) is 3.47. The second-order valence-corrected chi connectivity index (χ2v) is 3.39. The highest BCUT2D eigenvalue weighted by Gasteiger charge is 2.24. The highest BCUT2D eigenvalue weighted by atomic mass is 16.5. The fourth-order valence-corrected chi connectivity index (χ4v) is 1.23. The minimum atomic E-state index is 0.275. The van der Waals surface area contributed by atoms with Gasteiger partial charge in [-0.1, -0.05) is 0 Å². The fraction of sp³-hybridized carbons (Fsp3) is 1.00. The molecule has 0 spiro atoms. The Morgan fingerprint density at radius 3 is 2.56 bits per heavy atom. The van der Waals surface area contributed by atoms with Crippen LogP contribution >= 0.6 is 0 Å². The lowest BCUT2D eigenvalue weighted by Gasteiger charge is -2.34. The molecule has 0 amide bonds. The van der Waals surface area contributed by atoms with Gasteiger partial charge in [-0.05, 0) is 27.2 Å². The molecule has 1 aliphatic rings. The summed E-state index contributed by atoms with van der Waals surface area (Å²) >= 11 is 0. The van der Waals surface area contributed by atoms with Crippen molar-refractivity contribution >= 4 is 0 Å². The summed E-state index contributed by atoms with van der Waals surface area (Å²) in [6.45, 7) is 7.22. The molecule has 9 heavy (non-hydrogen) atoms. The van der Waals surface area contributed by atoms with Crippen molar-refractivity contribution in [2.45, 2.75) is 38.8 Å². The van der Waals surface area contributed by atoms with Crippen molar-refractivity contribution in [1.29, 1.82) is 0 Å². The van der Waals surface area contributed by atoms with Gasteiger partial charge in [-0.3, -0.25) is 5.32 Å². The molecule has 1 aliphatic heterocycles. The van der Waals surface area contributed by atoms with Gasteiger partial charge in [0.2, 0.25) is 0 Å². The monoisotopic (exact) mass is 129 g/mol. The average Bonchev–Trinajstić information content (AvgIpc) is 1.60. The molecular formula is C7H15NO. The van der Waals surface area contributed by atoms with Gasteiger partial charge in [0.25, 0.3) is 0 Å². The van der Waals surface area contributed by atoms with E-state index in [1.54, 1.807) is 0 Å². The van der Waals surface area contributed by atoms with Crippen LogP contribution in [-0.4, -0.2) is 18.4 Å². The zero-order valence-electron chi connectivity index (χ0n) is 6.40. The first-order chi connectivity index (χ1) is 4.10. The predicted octanol–water partition coefficient (Wildman–Crippen LogP) is 1.12. The van der Waals surface area contributed by atoms with Crippen molar-refractivity contribution < 1.29 is 4.74 Å². The number of hydrogen-bond donors (Lipinski definition) is 1. The van der Waals surface area contributed by atoms with Gasteiger partial charge in [0.1, 0.15) is 0 Å². The van der Waals surface area contributed by atoms with Gasteiger partial charge in [0.05, 0.1) is 12.8 Å². The molecule has 0 saturated carbocycles. The molecule has 0 aliphatic carbocycles. The van der Waals surface area contributed by atoms with E-state index in [-0.39, 0.29) is 5.54 Å². The zero-order chi connectivity index (χ0) is 6.91. The Hall–Kier alpha value is -0.0800. The topological polar surface area (TPSA) is 21.3 Å². The number of hydrogen-bond acceptors (Lipinski definition) is 2. The SMILES string of the molecule is C[C@H]1CC(C)(C)NCO1. The third-order valence-corrected chi connectivity index (χ3v) is 1.72. The molecule has 1 atom stereocenters. The first kappa shape index (κ1) is 7.03. The lowest BCUT2D eigenvalue weighted by atomic mass is 9.97. The summed E-state index contributed by atoms with van der Waals surface area (Å²) < 4.78 is 5.30. The third kappa shape index (κ3) is 1.95. The van der Waals surface area contributed by atoms with Crippen LogP contribution in [0, 0.1) is 0 Å². The molecule has 0 aromatic carbocycles. The highest BCUT2D eigenvalue weighted by molar-refractivity contribution is 4.81. The number of nitrogens with one attached hydrogen (secondary N) is 1. The molecule has 0 bridgehead atoms. The summed E-state index contributed by atoms with van der Waals surface area (Å²) in [7, 11) is 0. The van der Waals surface area contributed by atoms with Crippen molar-refractivity contribution in [1.82, 2.24) is 5.32 Å². The first-order valence-corrected chi connectivity index (χ1v) is 3.47. The highest BCUT2D eigenvalue weighted by Crippen LogP contribution is 2.16. The van der Waals surface area contributed by atoms with E-state index in [0.717, 1.165) is 6.42 Å². The van der Waals surface area contributed by atoms with Crippen molar-refractivity contribution in [3.8, 4) is 0 Å². The van der Waals surface area contributed by atoms with Gasteiger partial charge in [-0.2, -0.15) is 0 Å². The van der Waals surface area contributed by atoms with Gasteiger partial charge in [-0.25, -0.2) is 0 Å². The maximum atomic E-state index is 5.30. The Labute approximate surface area is 56.6 Å². The maximum Gasteiger partial charge on any atom is 0.0972 e. The van der Waals surface area contributed by atoms with Gasteiger partial charge < -0.3 is 4.74 Å². The Kier molecular flexibility index (Phi) is 1.78. The lowest BCUT2D eigenvalue weighted by molar-refractivity contribution is -0.0220. The Balaban J connectivity index is 2.41. The smallest absolute Gasteiger partial charge is 0.0972 e. The van der Waals surface area contributed by atoms with Crippen LogP contribution in [0.1, 0.15) is 27.2 Å².